The summed E-state index contributed by atoms with van der Waals surface area (Å²) >= 11 is 0. The zero-order valence-corrected chi connectivity index (χ0v) is 17.6. The Hall–Kier alpha value is -2.57. The number of rotatable bonds is 7. The zero-order valence-electron chi connectivity index (χ0n) is 17.6. The molecule has 1 aromatic carbocycles. The maximum Gasteiger partial charge on any atom is 0.475 e. The van der Waals surface area contributed by atoms with E-state index in [0.717, 1.165) is 30.4 Å². The maximum absolute atomic E-state index is 12.5. The molecule has 1 fully saturated rings. The minimum Gasteiger partial charge on any atom is -0.447 e. The van der Waals surface area contributed by atoms with Gasteiger partial charge in [-0.1, -0.05) is 42.7 Å². The van der Waals surface area contributed by atoms with Crippen molar-refractivity contribution in [2.24, 2.45) is 5.92 Å². The monoisotopic (exact) mass is 415 g/mol. The molecule has 1 saturated heterocycles. The molecule has 1 aromatic rings. The van der Waals surface area contributed by atoms with Crippen LogP contribution in [-0.2, 0) is 16.0 Å². The number of nitrogens with one attached hydrogen (secondary N) is 1. The number of ether oxygens (including phenoxy) is 1. The van der Waals surface area contributed by atoms with Gasteiger partial charge >= 0.3 is 13.2 Å². The van der Waals surface area contributed by atoms with Crippen molar-refractivity contribution in [3.05, 3.63) is 35.4 Å². The average Bonchev–Trinajstić information content (AvgIpc) is 2.97. The van der Waals surface area contributed by atoms with E-state index in [2.05, 4.69) is 5.32 Å². The summed E-state index contributed by atoms with van der Waals surface area (Å²) < 4.78 is 5.32. The number of benzene rings is 1. The van der Waals surface area contributed by atoms with Crippen molar-refractivity contribution in [3.63, 3.8) is 0 Å². The highest BCUT2D eigenvalue weighted by Crippen LogP contribution is 2.19. The smallest absolute Gasteiger partial charge is 0.447 e. The first-order valence-electron chi connectivity index (χ1n) is 10.4. The van der Waals surface area contributed by atoms with Crippen LogP contribution in [0.2, 0.25) is 0 Å². The van der Waals surface area contributed by atoms with E-state index in [4.69, 9.17) is 10.00 Å². The molecule has 30 heavy (non-hydrogen) atoms. The SMILES string of the molecule is Cc1ccc(C[C@H](NC(=O)OC[C@@H]2CCCCCN2C(=O)C(C)C#N)B(O)O)cc1. The van der Waals surface area contributed by atoms with Gasteiger partial charge < -0.3 is 25.0 Å². The van der Waals surface area contributed by atoms with Crippen molar-refractivity contribution < 1.29 is 24.4 Å². The number of carbonyl (C=O) groups excluding carboxylic acids is 2. The molecule has 8 nitrogen and oxygen atoms in total. The van der Waals surface area contributed by atoms with Crippen LogP contribution in [0.4, 0.5) is 4.79 Å². The van der Waals surface area contributed by atoms with Crippen LogP contribution in [0.1, 0.15) is 43.7 Å². The fourth-order valence-electron chi connectivity index (χ4n) is 3.52. The van der Waals surface area contributed by atoms with Gasteiger partial charge in [-0.3, -0.25) is 4.79 Å². The summed E-state index contributed by atoms with van der Waals surface area (Å²) in [6.45, 7) is 4.05. The third kappa shape index (κ3) is 7.04. The molecular weight excluding hydrogens is 385 g/mol. The van der Waals surface area contributed by atoms with Crippen LogP contribution in [0, 0.1) is 24.2 Å². The average molecular weight is 415 g/mol. The second kappa shape index (κ2) is 11.6. The summed E-state index contributed by atoms with van der Waals surface area (Å²) in [7, 11) is -1.74. The van der Waals surface area contributed by atoms with E-state index in [0.29, 0.717) is 13.0 Å². The lowest BCUT2D eigenvalue weighted by molar-refractivity contribution is -0.136. The van der Waals surface area contributed by atoms with E-state index in [1.165, 1.54) is 0 Å². The quantitative estimate of drug-likeness (QED) is 0.581. The first-order chi connectivity index (χ1) is 14.3. The summed E-state index contributed by atoms with van der Waals surface area (Å²) in [4.78, 5) is 26.4. The van der Waals surface area contributed by atoms with Gasteiger partial charge in [-0.2, -0.15) is 5.26 Å². The zero-order chi connectivity index (χ0) is 22.1. The Bertz CT molecular complexity index is 750. The molecule has 3 atom stereocenters. The highest BCUT2D eigenvalue weighted by Gasteiger charge is 2.31. The molecule has 0 radical (unpaired) electrons. The Balaban J connectivity index is 1.94. The van der Waals surface area contributed by atoms with Gasteiger partial charge in [0.15, 0.2) is 0 Å². The minimum absolute atomic E-state index is 0.00546. The van der Waals surface area contributed by atoms with Crippen molar-refractivity contribution in [1.82, 2.24) is 10.2 Å². The number of likely N-dealkylation sites (tertiary alicyclic amines) is 1. The maximum atomic E-state index is 12.5. The molecule has 0 spiro atoms. The molecule has 1 aliphatic rings. The summed E-state index contributed by atoms with van der Waals surface area (Å²) in [5.41, 5.74) is 1.94. The van der Waals surface area contributed by atoms with Crippen molar-refractivity contribution in [3.8, 4) is 6.07 Å². The van der Waals surface area contributed by atoms with E-state index in [1.54, 1.807) is 11.8 Å². The van der Waals surface area contributed by atoms with Crippen LogP contribution in [0.3, 0.4) is 0 Å². The number of hydrogen-bond acceptors (Lipinski definition) is 6. The number of alkyl carbamates (subject to hydrolysis) is 1. The van der Waals surface area contributed by atoms with Crippen molar-refractivity contribution in [2.75, 3.05) is 13.2 Å². The van der Waals surface area contributed by atoms with Gasteiger partial charge in [0.2, 0.25) is 5.91 Å². The number of hydrogen-bond donors (Lipinski definition) is 3. The second-order valence-corrected chi connectivity index (χ2v) is 7.84. The molecule has 3 N–H and O–H groups in total. The molecule has 1 heterocycles. The number of nitriles is 1. The Labute approximate surface area is 178 Å². The molecule has 162 valence electrons. The van der Waals surface area contributed by atoms with Gasteiger partial charge in [-0.25, -0.2) is 4.79 Å². The van der Waals surface area contributed by atoms with Crippen LogP contribution < -0.4 is 5.32 Å². The number of amides is 2. The van der Waals surface area contributed by atoms with Gasteiger partial charge in [0.25, 0.3) is 0 Å². The second-order valence-electron chi connectivity index (χ2n) is 7.84. The fourth-order valence-corrected chi connectivity index (χ4v) is 3.52. The van der Waals surface area contributed by atoms with E-state index in [1.807, 2.05) is 37.3 Å². The van der Waals surface area contributed by atoms with Crippen LogP contribution in [0.5, 0.6) is 0 Å². The minimum atomic E-state index is -1.74. The molecule has 0 aromatic heterocycles. The molecule has 2 amide bonds. The van der Waals surface area contributed by atoms with E-state index < -0.39 is 25.1 Å². The lowest BCUT2D eigenvalue weighted by Crippen LogP contribution is -2.49. The Kier molecular flexibility index (Phi) is 9.15. The molecule has 1 aliphatic heterocycles. The number of aryl methyl sites for hydroxylation is 1. The topological polar surface area (TPSA) is 123 Å². The van der Waals surface area contributed by atoms with Crippen molar-refractivity contribution in [1.29, 1.82) is 5.26 Å². The van der Waals surface area contributed by atoms with Crippen molar-refractivity contribution in [2.45, 2.75) is 57.9 Å². The molecular formula is C21H30BN3O5. The molecule has 2 rings (SSSR count). The third-order valence-electron chi connectivity index (χ3n) is 5.37. The molecule has 0 bridgehead atoms. The third-order valence-corrected chi connectivity index (χ3v) is 5.37. The molecule has 0 aliphatic carbocycles. The molecule has 0 saturated carbocycles. The largest absolute Gasteiger partial charge is 0.475 e. The van der Waals surface area contributed by atoms with Crippen molar-refractivity contribution >= 4 is 19.1 Å². The van der Waals surface area contributed by atoms with Gasteiger partial charge in [0, 0.05) is 6.54 Å². The van der Waals surface area contributed by atoms with Crippen LogP contribution in [0.25, 0.3) is 0 Å². The van der Waals surface area contributed by atoms with Gasteiger partial charge in [-0.05, 0) is 38.7 Å². The number of carbonyl (C=O) groups is 2. The fraction of sp³-hybridized carbons (Fsp3) is 0.571. The van der Waals surface area contributed by atoms with E-state index in [-0.39, 0.29) is 25.0 Å². The van der Waals surface area contributed by atoms with Gasteiger partial charge in [0.1, 0.15) is 12.5 Å². The van der Waals surface area contributed by atoms with E-state index >= 15 is 0 Å². The first kappa shape index (κ1) is 23.7. The Morgan fingerprint density at radius 3 is 2.63 bits per heavy atom. The predicted molar refractivity (Wildman–Crippen MR) is 112 cm³/mol. The van der Waals surface area contributed by atoms with Gasteiger partial charge in [0.05, 0.1) is 18.1 Å². The molecule has 9 heteroatoms. The van der Waals surface area contributed by atoms with Crippen LogP contribution >= 0.6 is 0 Å². The summed E-state index contributed by atoms with van der Waals surface area (Å²) in [6, 6.07) is 9.22. The standard InChI is InChI=1S/C21H30BN3O5/c1-15-7-9-17(10-8-15)12-19(22(28)29)24-21(27)30-14-18-6-4-3-5-11-25(18)20(26)16(2)13-23/h7-10,16,18-19,28-29H,3-6,11-12,14H2,1-2H3,(H,24,27)/t16?,18-,19-/m0/s1. The van der Waals surface area contributed by atoms with Crippen LogP contribution in [-0.4, -0.2) is 59.2 Å². The lowest BCUT2D eigenvalue weighted by Gasteiger charge is -2.30. The summed E-state index contributed by atoms with van der Waals surface area (Å²) in [5.74, 6) is -1.93. The Morgan fingerprint density at radius 1 is 1.30 bits per heavy atom. The normalized spacial score (nSPS) is 18.5. The lowest BCUT2D eigenvalue weighted by atomic mass is 9.76. The first-order valence-corrected chi connectivity index (χ1v) is 10.4. The molecule has 1 unspecified atom stereocenters. The predicted octanol–water partition coefficient (Wildman–Crippen LogP) is 1.58. The van der Waals surface area contributed by atoms with E-state index in [9.17, 15) is 19.6 Å². The Morgan fingerprint density at radius 2 is 2.00 bits per heavy atom. The van der Waals surface area contributed by atoms with Crippen LogP contribution in [0.15, 0.2) is 24.3 Å². The van der Waals surface area contributed by atoms with Gasteiger partial charge in [-0.15, -0.1) is 0 Å². The highest BCUT2D eigenvalue weighted by molar-refractivity contribution is 6.43. The summed E-state index contributed by atoms with van der Waals surface area (Å²) in [6.07, 6.45) is 2.88. The number of nitrogens with zero attached hydrogens (tertiary/aromatic N) is 2. The summed E-state index contributed by atoms with van der Waals surface area (Å²) in [5, 5.41) is 30.8. The highest BCUT2D eigenvalue weighted by atomic mass is 16.5.